The van der Waals surface area contributed by atoms with Crippen molar-refractivity contribution in [2.24, 2.45) is 0 Å². The van der Waals surface area contributed by atoms with Gasteiger partial charge in [0, 0.05) is 19.0 Å². The Labute approximate surface area is 101 Å². The summed E-state index contributed by atoms with van der Waals surface area (Å²) in [7, 11) is 0. The van der Waals surface area contributed by atoms with Crippen molar-refractivity contribution in [1.82, 2.24) is 5.32 Å². The summed E-state index contributed by atoms with van der Waals surface area (Å²) in [6.07, 6.45) is 3.51. The Balaban J connectivity index is 2.70. The van der Waals surface area contributed by atoms with Crippen LogP contribution in [-0.4, -0.2) is 24.2 Å². The Morgan fingerprint density at radius 2 is 2.29 bits per heavy atom. The molecule has 0 aliphatic carbocycles. The molecular formula is C13H17NO3. The molecule has 0 fully saturated rings. The molecule has 0 aliphatic rings. The van der Waals surface area contributed by atoms with E-state index in [-0.39, 0.29) is 11.7 Å². The van der Waals surface area contributed by atoms with Crippen LogP contribution in [0.1, 0.15) is 19.4 Å². The zero-order valence-electron chi connectivity index (χ0n) is 10.1. The Bertz CT molecular complexity index is 413. The molecule has 2 N–H and O–H groups in total. The minimum Gasteiger partial charge on any atom is -0.504 e. The number of hydrogen-bond donors (Lipinski definition) is 2. The fraction of sp³-hybridized carbons (Fsp3) is 0.308. The number of amides is 1. The van der Waals surface area contributed by atoms with Crippen LogP contribution in [0.3, 0.4) is 0 Å². The third-order valence-corrected chi connectivity index (χ3v) is 2.10. The van der Waals surface area contributed by atoms with Gasteiger partial charge in [0.05, 0.1) is 6.61 Å². The van der Waals surface area contributed by atoms with Gasteiger partial charge in [-0.05, 0) is 13.0 Å². The van der Waals surface area contributed by atoms with Crippen LogP contribution in [0, 0.1) is 0 Å². The molecule has 1 aromatic rings. The molecule has 0 bridgehead atoms. The number of phenols is 1. The predicted molar refractivity (Wildman–Crippen MR) is 67.0 cm³/mol. The van der Waals surface area contributed by atoms with Gasteiger partial charge in [-0.15, -0.1) is 0 Å². The molecule has 0 spiro atoms. The molecule has 1 rings (SSSR count). The van der Waals surface area contributed by atoms with Crippen molar-refractivity contribution in [1.29, 1.82) is 0 Å². The van der Waals surface area contributed by atoms with Crippen LogP contribution in [-0.2, 0) is 4.79 Å². The lowest BCUT2D eigenvalue weighted by Gasteiger charge is -2.07. The molecule has 0 saturated carbocycles. The fourth-order valence-corrected chi connectivity index (χ4v) is 1.33. The lowest BCUT2D eigenvalue weighted by molar-refractivity contribution is -0.118. The van der Waals surface area contributed by atoms with Crippen LogP contribution in [0.4, 0.5) is 0 Å². The minimum atomic E-state index is -0.0815. The molecule has 0 heterocycles. The summed E-state index contributed by atoms with van der Waals surface area (Å²) in [5, 5.41) is 12.5. The highest BCUT2D eigenvalue weighted by molar-refractivity contribution is 5.73. The summed E-state index contributed by atoms with van der Waals surface area (Å²) in [5.74, 6) is 0.504. The average Bonchev–Trinajstić information content (AvgIpc) is 2.29. The number of nitrogens with one attached hydrogen (secondary N) is 1. The minimum absolute atomic E-state index is 0.0815. The maximum atomic E-state index is 10.6. The normalized spacial score (nSPS) is 10.5. The SMILES string of the molecule is CCOc1cccc(C=CCNC(C)=O)c1O. The number of benzene rings is 1. The first kappa shape index (κ1) is 13.1. The smallest absolute Gasteiger partial charge is 0.217 e. The van der Waals surface area contributed by atoms with Crippen molar-refractivity contribution in [2.45, 2.75) is 13.8 Å². The van der Waals surface area contributed by atoms with Gasteiger partial charge in [0.15, 0.2) is 11.5 Å². The van der Waals surface area contributed by atoms with Gasteiger partial charge in [-0.1, -0.05) is 24.3 Å². The monoisotopic (exact) mass is 235 g/mol. The number of ether oxygens (including phenoxy) is 1. The van der Waals surface area contributed by atoms with E-state index in [1.165, 1.54) is 6.92 Å². The number of carbonyl (C=O) groups is 1. The van der Waals surface area contributed by atoms with Gasteiger partial charge < -0.3 is 15.2 Å². The number of rotatable bonds is 5. The van der Waals surface area contributed by atoms with Crippen molar-refractivity contribution >= 4 is 12.0 Å². The van der Waals surface area contributed by atoms with E-state index in [4.69, 9.17) is 4.74 Å². The van der Waals surface area contributed by atoms with Gasteiger partial charge >= 0.3 is 0 Å². The second-order valence-electron chi connectivity index (χ2n) is 3.47. The number of aromatic hydroxyl groups is 1. The van der Waals surface area contributed by atoms with E-state index in [0.717, 1.165) is 0 Å². The summed E-state index contributed by atoms with van der Waals surface area (Å²) in [4.78, 5) is 10.6. The summed E-state index contributed by atoms with van der Waals surface area (Å²) >= 11 is 0. The van der Waals surface area contributed by atoms with Gasteiger partial charge in [-0.2, -0.15) is 0 Å². The van der Waals surface area contributed by atoms with Crippen molar-refractivity contribution in [3.63, 3.8) is 0 Å². The van der Waals surface area contributed by atoms with Gasteiger partial charge in [0.2, 0.25) is 5.91 Å². The second-order valence-corrected chi connectivity index (χ2v) is 3.47. The van der Waals surface area contributed by atoms with Gasteiger partial charge in [0.1, 0.15) is 0 Å². The van der Waals surface area contributed by atoms with Crippen LogP contribution < -0.4 is 10.1 Å². The Morgan fingerprint density at radius 3 is 2.94 bits per heavy atom. The van der Waals surface area contributed by atoms with E-state index in [1.807, 2.05) is 13.0 Å². The summed E-state index contributed by atoms with van der Waals surface area (Å²) < 4.78 is 5.27. The molecule has 0 saturated heterocycles. The highest BCUT2D eigenvalue weighted by Gasteiger charge is 2.04. The van der Waals surface area contributed by atoms with Crippen molar-refractivity contribution < 1.29 is 14.6 Å². The Morgan fingerprint density at radius 1 is 1.53 bits per heavy atom. The van der Waals surface area contributed by atoms with E-state index in [2.05, 4.69) is 5.32 Å². The predicted octanol–water partition coefficient (Wildman–Crippen LogP) is 1.94. The van der Waals surface area contributed by atoms with Crippen molar-refractivity contribution in [3.05, 3.63) is 29.8 Å². The van der Waals surface area contributed by atoms with E-state index < -0.39 is 0 Å². The average molecular weight is 235 g/mol. The first-order valence-corrected chi connectivity index (χ1v) is 5.51. The van der Waals surface area contributed by atoms with Crippen LogP contribution in [0.15, 0.2) is 24.3 Å². The molecular weight excluding hydrogens is 218 g/mol. The van der Waals surface area contributed by atoms with Gasteiger partial charge in [-0.25, -0.2) is 0 Å². The highest BCUT2D eigenvalue weighted by Crippen LogP contribution is 2.30. The standard InChI is InChI=1S/C13H17NO3/c1-3-17-12-8-4-6-11(13(12)16)7-5-9-14-10(2)15/h4-8,16H,3,9H2,1-2H3,(H,14,15). The molecule has 1 aromatic carbocycles. The van der Waals surface area contributed by atoms with E-state index in [1.54, 1.807) is 24.3 Å². The summed E-state index contributed by atoms with van der Waals surface area (Å²) in [6, 6.07) is 5.30. The topological polar surface area (TPSA) is 58.6 Å². The molecule has 0 unspecified atom stereocenters. The van der Waals surface area contributed by atoms with E-state index >= 15 is 0 Å². The van der Waals surface area contributed by atoms with Crippen molar-refractivity contribution in [3.8, 4) is 11.5 Å². The van der Waals surface area contributed by atoms with Crippen molar-refractivity contribution in [2.75, 3.05) is 13.2 Å². The van der Waals surface area contributed by atoms with Crippen LogP contribution in [0.2, 0.25) is 0 Å². The zero-order chi connectivity index (χ0) is 12.7. The number of carbonyl (C=O) groups excluding carboxylic acids is 1. The summed E-state index contributed by atoms with van der Waals surface area (Å²) in [5.41, 5.74) is 0.668. The summed E-state index contributed by atoms with van der Waals surface area (Å²) in [6.45, 7) is 4.26. The zero-order valence-corrected chi connectivity index (χ0v) is 10.1. The maximum Gasteiger partial charge on any atom is 0.217 e. The first-order valence-electron chi connectivity index (χ1n) is 5.51. The fourth-order valence-electron chi connectivity index (χ4n) is 1.33. The molecule has 0 aliphatic heterocycles. The molecule has 1 amide bonds. The highest BCUT2D eigenvalue weighted by atomic mass is 16.5. The van der Waals surface area contributed by atoms with Crippen LogP contribution >= 0.6 is 0 Å². The molecule has 0 atom stereocenters. The maximum absolute atomic E-state index is 10.6. The number of phenolic OH excluding ortho intramolecular Hbond substituents is 1. The Kier molecular flexibility index (Phi) is 5.07. The van der Waals surface area contributed by atoms with Gasteiger partial charge in [-0.3, -0.25) is 4.79 Å². The molecule has 92 valence electrons. The van der Waals surface area contributed by atoms with E-state index in [0.29, 0.717) is 24.5 Å². The third kappa shape index (κ3) is 4.18. The van der Waals surface area contributed by atoms with Crippen LogP contribution in [0.25, 0.3) is 6.08 Å². The molecule has 17 heavy (non-hydrogen) atoms. The van der Waals surface area contributed by atoms with Crippen LogP contribution in [0.5, 0.6) is 11.5 Å². The number of hydrogen-bond acceptors (Lipinski definition) is 3. The first-order chi connectivity index (χ1) is 8.15. The quantitative estimate of drug-likeness (QED) is 0.820. The Hall–Kier alpha value is -1.97. The third-order valence-electron chi connectivity index (χ3n) is 2.10. The lowest BCUT2D eigenvalue weighted by Crippen LogP contribution is -2.19. The molecule has 4 nitrogen and oxygen atoms in total. The largest absolute Gasteiger partial charge is 0.504 e. The molecule has 4 heteroatoms. The molecule has 0 aromatic heterocycles. The second kappa shape index (κ2) is 6.58. The molecule has 0 radical (unpaired) electrons. The van der Waals surface area contributed by atoms with E-state index in [9.17, 15) is 9.90 Å². The number of para-hydroxylation sites is 1. The van der Waals surface area contributed by atoms with Gasteiger partial charge in [0.25, 0.3) is 0 Å². The lowest BCUT2D eigenvalue weighted by atomic mass is 10.1.